The van der Waals surface area contributed by atoms with Gasteiger partial charge in [-0.3, -0.25) is 0 Å². The van der Waals surface area contributed by atoms with Crippen LogP contribution in [-0.2, 0) is 0 Å². The van der Waals surface area contributed by atoms with Gasteiger partial charge in [-0.05, 0) is 52.0 Å². The number of hydrogen-bond acceptors (Lipinski definition) is 4. The van der Waals surface area contributed by atoms with Crippen LogP contribution in [0.15, 0.2) is 67.7 Å². The highest BCUT2D eigenvalue weighted by Gasteiger charge is 2.35. The fourth-order valence-electron chi connectivity index (χ4n) is 3.39. The van der Waals surface area contributed by atoms with Gasteiger partial charge in [0.2, 0.25) is 0 Å². The van der Waals surface area contributed by atoms with Gasteiger partial charge in [0.15, 0.2) is 0 Å². The number of anilines is 2. The SMILES string of the molecule is CC1=C(C)N(c2cc(F)cc(F)c2)/C(=C2\SC(C)=C(C)N2c2cc(F)cc(F)c2)S1. The first-order valence-corrected chi connectivity index (χ1v) is 10.8. The van der Waals surface area contributed by atoms with Crippen LogP contribution in [-0.4, -0.2) is 0 Å². The highest BCUT2D eigenvalue weighted by molar-refractivity contribution is 8.10. The smallest absolute Gasteiger partial charge is 0.128 e. The van der Waals surface area contributed by atoms with Crippen molar-refractivity contribution in [2.75, 3.05) is 9.80 Å². The van der Waals surface area contributed by atoms with Gasteiger partial charge in [-0.1, -0.05) is 23.5 Å². The molecule has 0 fully saturated rings. The van der Waals surface area contributed by atoms with Crippen LogP contribution in [0.2, 0.25) is 0 Å². The van der Waals surface area contributed by atoms with Crippen LogP contribution >= 0.6 is 23.5 Å². The molecule has 8 heteroatoms. The molecular formula is C22H18F4N2S2. The van der Waals surface area contributed by atoms with Crippen LogP contribution in [0.3, 0.4) is 0 Å². The molecule has 0 aromatic heterocycles. The lowest BCUT2D eigenvalue weighted by molar-refractivity contribution is 0.582. The molecule has 4 rings (SSSR count). The van der Waals surface area contributed by atoms with Crippen molar-refractivity contribution in [3.05, 3.63) is 90.9 Å². The molecule has 0 saturated carbocycles. The van der Waals surface area contributed by atoms with E-state index in [2.05, 4.69) is 0 Å². The first kappa shape index (κ1) is 20.9. The molecule has 0 spiro atoms. The fraction of sp³-hybridized carbons (Fsp3) is 0.182. The van der Waals surface area contributed by atoms with Crippen molar-refractivity contribution in [3.63, 3.8) is 0 Å². The number of thioether (sulfide) groups is 2. The Balaban J connectivity index is 1.91. The van der Waals surface area contributed by atoms with E-state index in [-0.39, 0.29) is 0 Å². The maximum atomic E-state index is 14.0. The van der Waals surface area contributed by atoms with Gasteiger partial charge in [-0.2, -0.15) is 0 Å². The van der Waals surface area contributed by atoms with Crippen LogP contribution in [0.4, 0.5) is 28.9 Å². The Morgan fingerprint density at radius 2 is 0.833 bits per heavy atom. The second-order valence-electron chi connectivity index (χ2n) is 7.02. The van der Waals surface area contributed by atoms with Gasteiger partial charge in [0.1, 0.15) is 33.3 Å². The van der Waals surface area contributed by atoms with Crippen LogP contribution in [0.1, 0.15) is 27.7 Å². The number of nitrogens with zero attached hydrogens (tertiary/aromatic N) is 2. The predicted molar refractivity (Wildman–Crippen MR) is 117 cm³/mol. The summed E-state index contributed by atoms with van der Waals surface area (Å²) in [6.07, 6.45) is 0. The summed E-state index contributed by atoms with van der Waals surface area (Å²) in [5, 5.41) is 1.45. The van der Waals surface area contributed by atoms with Gasteiger partial charge >= 0.3 is 0 Å². The van der Waals surface area contributed by atoms with E-state index in [9.17, 15) is 17.6 Å². The van der Waals surface area contributed by atoms with Crippen LogP contribution in [0, 0.1) is 23.3 Å². The van der Waals surface area contributed by atoms with E-state index < -0.39 is 23.3 Å². The molecule has 2 aliphatic rings. The van der Waals surface area contributed by atoms with Gasteiger partial charge in [-0.15, -0.1) is 0 Å². The Morgan fingerprint density at radius 1 is 0.533 bits per heavy atom. The van der Waals surface area contributed by atoms with Crippen molar-refractivity contribution < 1.29 is 17.6 Å². The van der Waals surface area contributed by atoms with Gasteiger partial charge in [0.25, 0.3) is 0 Å². The highest BCUT2D eigenvalue weighted by atomic mass is 32.2. The molecule has 0 atom stereocenters. The summed E-state index contributed by atoms with van der Waals surface area (Å²) in [5.41, 5.74) is 2.37. The van der Waals surface area contributed by atoms with E-state index in [1.165, 1.54) is 47.8 Å². The maximum Gasteiger partial charge on any atom is 0.128 e. The van der Waals surface area contributed by atoms with E-state index in [0.29, 0.717) is 11.4 Å². The zero-order chi connectivity index (χ0) is 21.7. The van der Waals surface area contributed by atoms with E-state index in [0.717, 1.165) is 43.4 Å². The summed E-state index contributed by atoms with van der Waals surface area (Å²) in [6.45, 7) is 7.60. The van der Waals surface area contributed by atoms with E-state index in [1.807, 2.05) is 27.7 Å². The third-order valence-electron chi connectivity index (χ3n) is 4.99. The number of rotatable bonds is 2. The number of allylic oxidation sites excluding steroid dienone is 4. The summed E-state index contributed by atoms with van der Waals surface area (Å²) in [4.78, 5) is 5.50. The van der Waals surface area contributed by atoms with Crippen LogP contribution in [0.5, 0.6) is 0 Å². The Morgan fingerprint density at radius 3 is 1.13 bits per heavy atom. The second-order valence-corrected chi connectivity index (χ2v) is 9.43. The molecule has 2 aliphatic heterocycles. The van der Waals surface area contributed by atoms with E-state index >= 15 is 0 Å². The van der Waals surface area contributed by atoms with Crippen molar-refractivity contribution in [1.82, 2.24) is 0 Å². The van der Waals surface area contributed by atoms with Crippen LogP contribution < -0.4 is 9.80 Å². The Hall–Kier alpha value is -2.32. The largest absolute Gasteiger partial charge is 0.305 e. The average molecular weight is 451 g/mol. The molecule has 0 radical (unpaired) electrons. The predicted octanol–water partition coefficient (Wildman–Crippen LogP) is 7.68. The lowest BCUT2D eigenvalue weighted by atomic mass is 10.2. The van der Waals surface area contributed by atoms with Crippen molar-refractivity contribution in [2.45, 2.75) is 27.7 Å². The average Bonchev–Trinajstić information content (AvgIpc) is 3.10. The quantitative estimate of drug-likeness (QED) is 0.433. The number of hydrogen-bond donors (Lipinski definition) is 0. The van der Waals surface area contributed by atoms with Crippen molar-refractivity contribution in [1.29, 1.82) is 0 Å². The van der Waals surface area contributed by atoms with Crippen molar-refractivity contribution >= 4 is 34.9 Å². The molecule has 2 aromatic rings. The summed E-state index contributed by atoms with van der Waals surface area (Å²) in [5.74, 6) is -2.70. The van der Waals surface area contributed by atoms with Gasteiger partial charge in [-0.25, -0.2) is 17.6 Å². The summed E-state index contributed by atoms with van der Waals surface area (Å²) in [6, 6.07) is 6.73. The number of benzene rings is 2. The van der Waals surface area contributed by atoms with E-state index in [4.69, 9.17) is 0 Å². The molecule has 156 valence electrons. The zero-order valence-electron chi connectivity index (χ0n) is 16.7. The normalized spacial score (nSPS) is 19.6. The van der Waals surface area contributed by atoms with Gasteiger partial charge in [0.05, 0.1) is 11.4 Å². The molecule has 0 N–H and O–H groups in total. The highest BCUT2D eigenvalue weighted by Crippen LogP contribution is 2.53. The zero-order valence-corrected chi connectivity index (χ0v) is 18.3. The summed E-state index contributed by atoms with van der Waals surface area (Å²) >= 11 is 2.92. The standard InChI is InChI=1S/C22H18F4N2S2/c1-11-13(3)29-21(27(11)19-7-15(23)5-16(24)8-19)22-28(12(2)14(4)30-22)20-9-17(25)6-18(26)10-20/h5-10H,1-4H3/b22-21+. The molecule has 0 amide bonds. The maximum absolute atomic E-state index is 14.0. The minimum atomic E-state index is -0.676. The minimum absolute atomic E-state index is 0.352. The molecule has 0 unspecified atom stereocenters. The molecule has 0 aliphatic carbocycles. The summed E-state index contributed by atoms with van der Waals surface area (Å²) in [7, 11) is 0. The van der Waals surface area contributed by atoms with Crippen LogP contribution in [0.25, 0.3) is 0 Å². The fourth-order valence-corrected chi connectivity index (χ4v) is 5.72. The molecule has 2 heterocycles. The van der Waals surface area contributed by atoms with Gasteiger partial charge < -0.3 is 9.80 Å². The number of halogens is 4. The Labute approximate surface area is 180 Å². The minimum Gasteiger partial charge on any atom is -0.305 e. The monoisotopic (exact) mass is 450 g/mol. The molecule has 0 bridgehead atoms. The molecule has 2 aromatic carbocycles. The summed E-state index contributed by atoms with van der Waals surface area (Å²) < 4.78 is 55.8. The molecule has 2 nitrogen and oxygen atoms in total. The third kappa shape index (κ3) is 3.63. The Kier molecular flexibility index (Phi) is 5.40. The molecule has 30 heavy (non-hydrogen) atoms. The molecular weight excluding hydrogens is 432 g/mol. The molecule has 0 saturated heterocycles. The first-order chi connectivity index (χ1) is 14.2. The first-order valence-electron chi connectivity index (χ1n) is 9.13. The van der Waals surface area contributed by atoms with Gasteiger partial charge in [0, 0.05) is 33.3 Å². The lowest BCUT2D eigenvalue weighted by Crippen LogP contribution is -2.22. The topological polar surface area (TPSA) is 6.48 Å². The van der Waals surface area contributed by atoms with Crippen molar-refractivity contribution in [3.8, 4) is 0 Å². The Bertz CT molecular complexity index is 1020. The second kappa shape index (κ2) is 7.74. The third-order valence-corrected chi connectivity index (χ3v) is 7.46. The van der Waals surface area contributed by atoms with Crippen molar-refractivity contribution in [2.24, 2.45) is 0 Å². The van der Waals surface area contributed by atoms with E-state index in [1.54, 1.807) is 9.80 Å². The lowest BCUT2D eigenvalue weighted by Gasteiger charge is -2.28.